The van der Waals surface area contributed by atoms with Crippen LogP contribution in [0.3, 0.4) is 0 Å². The van der Waals surface area contributed by atoms with Gasteiger partial charge in [-0.25, -0.2) is 9.59 Å². The van der Waals surface area contributed by atoms with E-state index >= 15 is 0 Å². The minimum Gasteiger partial charge on any atom is -0.493 e. The number of carbonyl (C=O) groups is 2. The molecule has 0 aliphatic heterocycles. The Balaban J connectivity index is 2.28. The molecule has 0 aliphatic rings. The van der Waals surface area contributed by atoms with Crippen molar-refractivity contribution in [3.8, 4) is 39.8 Å². The van der Waals surface area contributed by atoms with Crippen LogP contribution in [-0.2, 0) is 9.47 Å². The van der Waals surface area contributed by atoms with Gasteiger partial charge in [0.15, 0.2) is 23.0 Å². The normalized spacial score (nSPS) is 10.7. The largest absolute Gasteiger partial charge is 0.493 e. The first kappa shape index (κ1) is 28.5. The Morgan fingerprint density at radius 3 is 1.93 bits per heavy atom. The third-order valence-electron chi connectivity index (χ3n) is 6.31. The number of fused-ring (bicyclic) bond motifs is 1. The summed E-state index contributed by atoms with van der Waals surface area (Å²) >= 11 is 3.52. The van der Waals surface area contributed by atoms with Crippen molar-refractivity contribution >= 4 is 38.6 Å². The molecule has 4 aromatic rings. The van der Waals surface area contributed by atoms with Gasteiger partial charge in [-0.1, -0.05) is 6.07 Å². The van der Waals surface area contributed by atoms with E-state index in [1.165, 1.54) is 59.4 Å². The lowest BCUT2D eigenvalue weighted by molar-refractivity contribution is 0.0587. The first-order valence-electron chi connectivity index (χ1n) is 11.8. The van der Waals surface area contributed by atoms with Crippen molar-refractivity contribution in [1.82, 2.24) is 4.57 Å². The fraction of sp³-hybridized carbons (Fsp3) is 0.207. The average molecular weight is 612 g/mol. The summed E-state index contributed by atoms with van der Waals surface area (Å²) in [5.74, 6) is 0.0721. The second-order valence-electron chi connectivity index (χ2n) is 8.34. The first-order valence-corrected chi connectivity index (χ1v) is 12.6. The van der Waals surface area contributed by atoms with Crippen molar-refractivity contribution in [3.05, 3.63) is 74.6 Å². The third kappa shape index (κ3) is 4.84. The van der Waals surface area contributed by atoms with Crippen molar-refractivity contribution in [3.63, 3.8) is 0 Å². The maximum Gasteiger partial charge on any atom is 0.355 e. The van der Waals surface area contributed by atoms with E-state index in [4.69, 9.17) is 28.4 Å². The predicted octanol–water partition coefficient (Wildman–Crippen LogP) is 5.03. The van der Waals surface area contributed by atoms with Crippen LogP contribution in [0.25, 0.3) is 27.6 Å². The number of hydrogen-bond acceptors (Lipinski definition) is 9. The number of nitrogens with zero attached hydrogens (tertiary/aromatic N) is 1. The molecule has 11 heteroatoms. The van der Waals surface area contributed by atoms with Gasteiger partial charge in [0.1, 0.15) is 5.69 Å². The average Bonchev–Trinajstić information content (AvgIpc) is 2.98. The van der Waals surface area contributed by atoms with Crippen LogP contribution in [0, 0.1) is 0 Å². The van der Waals surface area contributed by atoms with Crippen molar-refractivity contribution in [2.45, 2.75) is 0 Å². The van der Waals surface area contributed by atoms with Crippen LogP contribution in [0.5, 0.6) is 23.0 Å². The van der Waals surface area contributed by atoms with Gasteiger partial charge in [0.05, 0.1) is 63.8 Å². The third-order valence-corrected chi connectivity index (χ3v) is 6.90. The van der Waals surface area contributed by atoms with Crippen LogP contribution in [-0.4, -0.2) is 59.2 Å². The quantitative estimate of drug-likeness (QED) is 0.253. The molecule has 40 heavy (non-hydrogen) atoms. The number of methoxy groups -OCH3 is 6. The SMILES string of the molecule is COC(=O)c1cccc(-n2c(C(=O)OC)c(-c3cc(Br)c(OC)c(OC)c3)c3cc(OC)c(OC)cc3c2=O)c1. The summed E-state index contributed by atoms with van der Waals surface area (Å²) in [7, 11) is 8.39. The molecule has 0 radical (unpaired) electrons. The molecule has 0 bridgehead atoms. The summed E-state index contributed by atoms with van der Waals surface area (Å²) in [6.45, 7) is 0. The number of rotatable bonds is 8. The number of aromatic nitrogens is 1. The van der Waals surface area contributed by atoms with E-state index in [1.54, 1.807) is 36.4 Å². The topological polar surface area (TPSA) is 112 Å². The molecule has 0 saturated heterocycles. The van der Waals surface area contributed by atoms with Crippen molar-refractivity contribution in [2.75, 3.05) is 42.7 Å². The highest BCUT2D eigenvalue weighted by Gasteiger charge is 2.28. The van der Waals surface area contributed by atoms with Crippen molar-refractivity contribution in [2.24, 2.45) is 0 Å². The zero-order valence-corrected chi connectivity index (χ0v) is 24.2. The monoisotopic (exact) mass is 611 g/mol. The highest BCUT2D eigenvalue weighted by Crippen LogP contribution is 2.44. The van der Waals surface area contributed by atoms with Gasteiger partial charge in [0, 0.05) is 10.9 Å². The fourth-order valence-corrected chi connectivity index (χ4v) is 5.11. The van der Waals surface area contributed by atoms with E-state index in [9.17, 15) is 14.4 Å². The number of ether oxygens (including phenoxy) is 6. The van der Waals surface area contributed by atoms with Crippen LogP contribution >= 0.6 is 15.9 Å². The molecular formula is C29H26BrNO9. The Labute approximate surface area is 238 Å². The Morgan fingerprint density at radius 2 is 1.35 bits per heavy atom. The fourth-order valence-electron chi connectivity index (χ4n) is 4.50. The molecule has 0 aliphatic carbocycles. The van der Waals surface area contributed by atoms with Gasteiger partial charge in [0.2, 0.25) is 0 Å². The molecule has 0 fully saturated rings. The van der Waals surface area contributed by atoms with E-state index < -0.39 is 17.5 Å². The van der Waals surface area contributed by atoms with E-state index in [2.05, 4.69) is 15.9 Å². The molecule has 1 aromatic heterocycles. The summed E-state index contributed by atoms with van der Waals surface area (Å²) in [4.78, 5) is 40.0. The zero-order valence-electron chi connectivity index (χ0n) is 22.6. The summed E-state index contributed by atoms with van der Waals surface area (Å²) in [6.07, 6.45) is 0. The van der Waals surface area contributed by atoms with Gasteiger partial charge < -0.3 is 28.4 Å². The molecule has 0 N–H and O–H groups in total. The van der Waals surface area contributed by atoms with Crippen LogP contribution < -0.4 is 24.5 Å². The molecule has 10 nitrogen and oxygen atoms in total. The summed E-state index contributed by atoms with van der Waals surface area (Å²) in [6, 6.07) is 12.8. The Bertz CT molecular complexity index is 1690. The highest BCUT2D eigenvalue weighted by atomic mass is 79.9. The number of carbonyl (C=O) groups excluding carboxylic acids is 2. The molecule has 0 unspecified atom stereocenters. The number of pyridine rings is 1. The predicted molar refractivity (Wildman–Crippen MR) is 152 cm³/mol. The van der Waals surface area contributed by atoms with E-state index in [-0.39, 0.29) is 22.3 Å². The van der Waals surface area contributed by atoms with Crippen LogP contribution in [0.1, 0.15) is 20.8 Å². The van der Waals surface area contributed by atoms with E-state index in [0.717, 1.165) is 0 Å². The minimum absolute atomic E-state index is 0.0895. The number of esters is 2. The van der Waals surface area contributed by atoms with Crippen LogP contribution in [0.2, 0.25) is 0 Å². The molecule has 3 aromatic carbocycles. The molecule has 0 spiro atoms. The lowest BCUT2D eigenvalue weighted by Crippen LogP contribution is -2.27. The van der Waals surface area contributed by atoms with Crippen molar-refractivity contribution in [1.29, 1.82) is 0 Å². The standard InChI is InChI=1S/C29H26BrNO9/c1-35-21-13-18-19(14-22(21)36-2)27(32)31(17-9-7-8-15(10-17)28(33)39-5)25(29(34)40-6)24(18)16-11-20(30)26(38-4)23(12-16)37-3/h7-14H,1-6H3. The summed E-state index contributed by atoms with van der Waals surface area (Å²) in [5, 5.41) is 0.609. The lowest BCUT2D eigenvalue weighted by atomic mass is 9.95. The Hall–Kier alpha value is -4.51. The molecule has 1 heterocycles. The molecular weight excluding hydrogens is 586 g/mol. The Kier molecular flexibility index (Phi) is 8.34. The van der Waals surface area contributed by atoms with Crippen LogP contribution in [0.15, 0.2) is 57.8 Å². The lowest BCUT2D eigenvalue weighted by Gasteiger charge is -2.21. The van der Waals surface area contributed by atoms with Gasteiger partial charge >= 0.3 is 11.9 Å². The Morgan fingerprint density at radius 1 is 0.725 bits per heavy atom. The van der Waals surface area contributed by atoms with Gasteiger partial charge in [-0.15, -0.1) is 0 Å². The zero-order chi connectivity index (χ0) is 29.1. The molecule has 0 saturated carbocycles. The molecule has 0 amide bonds. The molecule has 0 atom stereocenters. The maximum absolute atomic E-state index is 14.2. The molecule has 208 valence electrons. The smallest absolute Gasteiger partial charge is 0.355 e. The number of benzene rings is 3. The minimum atomic E-state index is -0.793. The highest BCUT2D eigenvalue weighted by molar-refractivity contribution is 9.10. The van der Waals surface area contributed by atoms with Gasteiger partial charge in [-0.2, -0.15) is 0 Å². The van der Waals surface area contributed by atoms with E-state index in [1.807, 2.05) is 0 Å². The van der Waals surface area contributed by atoms with Gasteiger partial charge in [-0.3, -0.25) is 9.36 Å². The molecule has 4 rings (SSSR count). The second-order valence-corrected chi connectivity index (χ2v) is 9.20. The summed E-state index contributed by atoms with van der Waals surface area (Å²) < 4.78 is 33.8. The number of halogens is 1. The van der Waals surface area contributed by atoms with Gasteiger partial charge in [-0.05, 0) is 64.0 Å². The first-order chi connectivity index (χ1) is 19.2. The van der Waals surface area contributed by atoms with E-state index in [0.29, 0.717) is 44.0 Å². The maximum atomic E-state index is 14.2. The number of hydrogen-bond donors (Lipinski definition) is 0. The van der Waals surface area contributed by atoms with Gasteiger partial charge in [0.25, 0.3) is 5.56 Å². The summed E-state index contributed by atoms with van der Waals surface area (Å²) in [5.41, 5.74) is 0.624. The van der Waals surface area contributed by atoms with Crippen molar-refractivity contribution < 1.29 is 38.0 Å². The van der Waals surface area contributed by atoms with Crippen LogP contribution in [0.4, 0.5) is 0 Å². The second kappa shape index (κ2) is 11.7.